The van der Waals surface area contributed by atoms with E-state index in [2.05, 4.69) is 4.98 Å². The van der Waals surface area contributed by atoms with Crippen molar-refractivity contribution in [2.24, 2.45) is 0 Å². The molecule has 0 saturated heterocycles. The summed E-state index contributed by atoms with van der Waals surface area (Å²) in [6.07, 6.45) is 0.769. The van der Waals surface area contributed by atoms with E-state index < -0.39 is 0 Å². The summed E-state index contributed by atoms with van der Waals surface area (Å²) in [7, 11) is 1.64. The molecule has 0 spiro atoms. The normalized spacial score (nSPS) is 10.4. The van der Waals surface area contributed by atoms with Gasteiger partial charge in [-0.25, -0.2) is 0 Å². The summed E-state index contributed by atoms with van der Waals surface area (Å²) >= 11 is 0. The van der Waals surface area contributed by atoms with E-state index in [1.807, 2.05) is 31.2 Å². The molecule has 2 N–H and O–H groups in total. The average molecular weight is 218 g/mol. The molecule has 2 rings (SSSR count). The van der Waals surface area contributed by atoms with Crippen molar-refractivity contribution >= 4 is 6.01 Å². The number of ether oxygens (including phenoxy) is 1. The third kappa shape index (κ3) is 1.86. The van der Waals surface area contributed by atoms with Gasteiger partial charge in [0.15, 0.2) is 0 Å². The fraction of sp³-hybridized carbons (Fsp3) is 0.250. The van der Waals surface area contributed by atoms with Crippen LogP contribution in [-0.2, 0) is 6.42 Å². The molecule has 0 aliphatic carbocycles. The molecule has 0 unspecified atom stereocenters. The number of benzene rings is 1. The third-order valence-electron chi connectivity index (χ3n) is 2.40. The van der Waals surface area contributed by atoms with E-state index in [0.717, 1.165) is 29.2 Å². The third-order valence-corrected chi connectivity index (χ3v) is 2.40. The average Bonchev–Trinajstić information content (AvgIpc) is 2.70. The van der Waals surface area contributed by atoms with E-state index in [9.17, 15) is 0 Å². The van der Waals surface area contributed by atoms with Crippen molar-refractivity contribution in [3.63, 3.8) is 0 Å². The van der Waals surface area contributed by atoms with Crippen LogP contribution in [0.1, 0.15) is 12.7 Å². The van der Waals surface area contributed by atoms with Crippen molar-refractivity contribution in [2.75, 3.05) is 12.8 Å². The number of hydrogen-bond donors (Lipinski definition) is 1. The van der Waals surface area contributed by atoms with Crippen molar-refractivity contribution in [3.8, 4) is 17.0 Å². The summed E-state index contributed by atoms with van der Waals surface area (Å²) < 4.78 is 10.4. The number of oxazole rings is 1. The minimum Gasteiger partial charge on any atom is -0.497 e. The molecule has 0 saturated carbocycles. The van der Waals surface area contributed by atoms with E-state index in [1.165, 1.54) is 0 Å². The Kier molecular flexibility index (Phi) is 2.81. The van der Waals surface area contributed by atoms with Crippen molar-refractivity contribution in [1.82, 2.24) is 4.98 Å². The first-order chi connectivity index (χ1) is 7.74. The highest BCUT2D eigenvalue weighted by molar-refractivity contribution is 5.63. The van der Waals surface area contributed by atoms with Gasteiger partial charge in [0.1, 0.15) is 17.2 Å². The molecule has 16 heavy (non-hydrogen) atoms. The molecule has 4 heteroatoms. The van der Waals surface area contributed by atoms with Gasteiger partial charge in [-0.1, -0.05) is 6.92 Å². The summed E-state index contributed by atoms with van der Waals surface area (Å²) in [6.45, 7) is 2.01. The second-order valence-corrected chi connectivity index (χ2v) is 3.41. The molecule has 0 fully saturated rings. The maximum absolute atomic E-state index is 5.55. The van der Waals surface area contributed by atoms with Gasteiger partial charge in [0.05, 0.1) is 7.11 Å². The zero-order valence-corrected chi connectivity index (χ0v) is 9.36. The molecule has 2 aromatic rings. The Morgan fingerprint density at radius 1 is 1.31 bits per heavy atom. The molecule has 0 amide bonds. The molecule has 0 atom stereocenters. The second-order valence-electron chi connectivity index (χ2n) is 3.41. The predicted molar refractivity (Wildman–Crippen MR) is 62.3 cm³/mol. The summed E-state index contributed by atoms with van der Waals surface area (Å²) in [5, 5.41) is 0. The SMILES string of the molecule is CCc1oc(N)nc1-c1ccc(OC)cc1. The monoisotopic (exact) mass is 218 g/mol. The highest BCUT2D eigenvalue weighted by Gasteiger charge is 2.11. The van der Waals surface area contributed by atoms with Crippen LogP contribution in [0.5, 0.6) is 5.75 Å². The standard InChI is InChI=1S/C12H14N2O2/c1-3-10-11(14-12(13)16-10)8-4-6-9(15-2)7-5-8/h4-7H,3H2,1-2H3,(H2,13,14). The number of aromatic nitrogens is 1. The molecule has 1 heterocycles. The number of rotatable bonds is 3. The molecule has 1 aromatic carbocycles. The van der Waals surface area contributed by atoms with Crippen LogP contribution in [0.3, 0.4) is 0 Å². The molecular formula is C12H14N2O2. The maximum atomic E-state index is 5.55. The summed E-state index contributed by atoms with van der Waals surface area (Å²) in [6, 6.07) is 7.87. The lowest BCUT2D eigenvalue weighted by Gasteiger charge is -2.01. The number of hydrogen-bond acceptors (Lipinski definition) is 4. The Balaban J connectivity index is 2.41. The molecule has 0 aliphatic heterocycles. The molecule has 0 radical (unpaired) electrons. The quantitative estimate of drug-likeness (QED) is 0.859. The Bertz CT molecular complexity index is 474. The topological polar surface area (TPSA) is 61.3 Å². The number of aryl methyl sites for hydroxylation is 1. The number of methoxy groups -OCH3 is 1. The Hall–Kier alpha value is -1.97. The van der Waals surface area contributed by atoms with Crippen LogP contribution in [0.15, 0.2) is 28.7 Å². The fourth-order valence-corrected chi connectivity index (χ4v) is 1.58. The molecule has 84 valence electrons. The van der Waals surface area contributed by atoms with E-state index >= 15 is 0 Å². The summed E-state index contributed by atoms with van der Waals surface area (Å²) in [4.78, 5) is 4.18. The first-order valence-corrected chi connectivity index (χ1v) is 5.14. The molecule has 1 aromatic heterocycles. The van der Waals surface area contributed by atoms with Gasteiger partial charge >= 0.3 is 0 Å². The summed E-state index contributed by atoms with van der Waals surface area (Å²) in [5.41, 5.74) is 7.34. The number of nitrogen functional groups attached to an aromatic ring is 1. The Morgan fingerprint density at radius 2 is 2.00 bits per heavy atom. The van der Waals surface area contributed by atoms with Crippen molar-refractivity contribution in [3.05, 3.63) is 30.0 Å². The van der Waals surface area contributed by atoms with Crippen LogP contribution in [0.2, 0.25) is 0 Å². The smallest absolute Gasteiger partial charge is 0.292 e. The van der Waals surface area contributed by atoms with Crippen LogP contribution in [-0.4, -0.2) is 12.1 Å². The second kappa shape index (κ2) is 4.26. The Labute approximate surface area is 94.1 Å². The molecule has 0 bridgehead atoms. The lowest BCUT2D eigenvalue weighted by molar-refractivity contribution is 0.415. The largest absolute Gasteiger partial charge is 0.497 e. The van der Waals surface area contributed by atoms with E-state index in [4.69, 9.17) is 14.9 Å². The lowest BCUT2D eigenvalue weighted by atomic mass is 10.1. The van der Waals surface area contributed by atoms with Crippen LogP contribution >= 0.6 is 0 Å². The van der Waals surface area contributed by atoms with Gasteiger partial charge in [0.25, 0.3) is 6.01 Å². The van der Waals surface area contributed by atoms with Crippen molar-refractivity contribution in [1.29, 1.82) is 0 Å². The minimum atomic E-state index is 0.211. The first kappa shape index (κ1) is 10.5. The van der Waals surface area contributed by atoms with Gasteiger partial charge in [-0.3, -0.25) is 0 Å². The highest BCUT2D eigenvalue weighted by atomic mass is 16.5. The fourth-order valence-electron chi connectivity index (χ4n) is 1.58. The van der Waals surface area contributed by atoms with Crippen LogP contribution in [0.25, 0.3) is 11.3 Å². The molecular weight excluding hydrogens is 204 g/mol. The van der Waals surface area contributed by atoms with Crippen molar-refractivity contribution in [2.45, 2.75) is 13.3 Å². The van der Waals surface area contributed by atoms with Crippen LogP contribution in [0.4, 0.5) is 6.01 Å². The van der Waals surface area contributed by atoms with Gasteiger partial charge in [-0.15, -0.1) is 0 Å². The number of nitrogens with two attached hydrogens (primary N) is 1. The van der Waals surface area contributed by atoms with Gasteiger partial charge in [-0.05, 0) is 24.3 Å². The minimum absolute atomic E-state index is 0.211. The zero-order chi connectivity index (χ0) is 11.5. The number of nitrogens with zero attached hydrogens (tertiary/aromatic N) is 1. The van der Waals surface area contributed by atoms with E-state index in [-0.39, 0.29) is 6.01 Å². The number of anilines is 1. The summed E-state index contributed by atoms with van der Waals surface area (Å²) in [5.74, 6) is 1.63. The maximum Gasteiger partial charge on any atom is 0.292 e. The zero-order valence-electron chi connectivity index (χ0n) is 9.36. The highest BCUT2D eigenvalue weighted by Crippen LogP contribution is 2.26. The molecule has 0 aliphatic rings. The van der Waals surface area contributed by atoms with Gasteiger partial charge < -0.3 is 14.9 Å². The Morgan fingerprint density at radius 3 is 2.56 bits per heavy atom. The van der Waals surface area contributed by atoms with E-state index in [0.29, 0.717) is 0 Å². The first-order valence-electron chi connectivity index (χ1n) is 5.14. The lowest BCUT2D eigenvalue weighted by Crippen LogP contribution is -1.86. The molecule has 4 nitrogen and oxygen atoms in total. The predicted octanol–water partition coefficient (Wildman–Crippen LogP) is 2.49. The van der Waals surface area contributed by atoms with E-state index in [1.54, 1.807) is 7.11 Å². The van der Waals surface area contributed by atoms with Gasteiger partial charge in [0.2, 0.25) is 0 Å². The van der Waals surface area contributed by atoms with Gasteiger partial charge in [-0.2, -0.15) is 4.98 Å². The van der Waals surface area contributed by atoms with Gasteiger partial charge in [0, 0.05) is 12.0 Å². The van der Waals surface area contributed by atoms with Crippen LogP contribution in [0, 0.1) is 0 Å². The van der Waals surface area contributed by atoms with Crippen LogP contribution < -0.4 is 10.5 Å². The van der Waals surface area contributed by atoms with Crippen molar-refractivity contribution < 1.29 is 9.15 Å².